The second kappa shape index (κ2) is 7.50. The second-order valence-electron chi connectivity index (χ2n) is 5.59. The summed E-state index contributed by atoms with van der Waals surface area (Å²) in [5, 5.41) is 18.4. The average Bonchev–Trinajstić information content (AvgIpc) is 3.37. The monoisotopic (exact) mass is 424 g/mol. The van der Waals surface area contributed by atoms with Crippen molar-refractivity contribution in [3.63, 3.8) is 0 Å². The van der Waals surface area contributed by atoms with Crippen molar-refractivity contribution in [2.75, 3.05) is 0 Å². The van der Waals surface area contributed by atoms with Gasteiger partial charge in [-0.05, 0) is 40.8 Å². The highest BCUT2D eigenvalue weighted by molar-refractivity contribution is 9.10. The topological polar surface area (TPSA) is 98.6 Å². The summed E-state index contributed by atoms with van der Waals surface area (Å²) in [5.41, 5.74) is 2.59. The van der Waals surface area contributed by atoms with Gasteiger partial charge < -0.3 is 4.74 Å². The third kappa shape index (κ3) is 3.77. The van der Waals surface area contributed by atoms with E-state index in [0.29, 0.717) is 11.5 Å². The van der Waals surface area contributed by atoms with Crippen molar-refractivity contribution >= 4 is 21.9 Å². The Balaban J connectivity index is 1.45. The number of aromatic amines is 1. The van der Waals surface area contributed by atoms with E-state index in [2.05, 4.69) is 41.7 Å². The van der Waals surface area contributed by atoms with Crippen LogP contribution in [-0.4, -0.2) is 36.4 Å². The van der Waals surface area contributed by atoms with Gasteiger partial charge in [0.05, 0.1) is 11.4 Å². The predicted molar refractivity (Wildman–Crippen MR) is 100.0 cm³/mol. The minimum Gasteiger partial charge on any atom is -0.453 e. The van der Waals surface area contributed by atoms with Gasteiger partial charge >= 0.3 is 5.97 Å². The maximum Gasteiger partial charge on any atom is 0.356 e. The number of nitrogens with zero attached hydrogens (tertiary/aromatic N) is 5. The molecular weight excluding hydrogens is 412 g/mol. The molecule has 0 bridgehead atoms. The van der Waals surface area contributed by atoms with Crippen LogP contribution in [0.15, 0.2) is 65.1 Å². The molecule has 0 radical (unpaired) electrons. The summed E-state index contributed by atoms with van der Waals surface area (Å²) in [5.74, 6) is -0.115. The minimum atomic E-state index is -0.534. The van der Waals surface area contributed by atoms with Gasteiger partial charge in [0.1, 0.15) is 5.69 Å². The van der Waals surface area contributed by atoms with Gasteiger partial charge in [-0.25, -0.2) is 4.79 Å². The Kier molecular flexibility index (Phi) is 4.75. The third-order valence-corrected chi connectivity index (χ3v) is 4.33. The van der Waals surface area contributed by atoms with Crippen molar-refractivity contribution < 1.29 is 9.53 Å². The Morgan fingerprint density at radius 3 is 2.67 bits per heavy atom. The molecule has 1 N–H and O–H groups in total. The normalized spacial score (nSPS) is 10.7. The molecule has 27 heavy (non-hydrogen) atoms. The third-order valence-electron chi connectivity index (χ3n) is 3.80. The van der Waals surface area contributed by atoms with E-state index in [0.717, 1.165) is 15.7 Å². The first kappa shape index (κ1) is 17.1. The quantitative estimate of drug-likeness (QED) is 0.494. The first-order valence-electron chi connectivity index (χ1n) is 8.02. The second-order valence-corrected chi connectivity index (χ2v) is 6.51. The summed E-state index contributed by atoms with van der Waals surface area (Å²) < 4.78 is 7.81. The fourth-order valence-corrected chi connectivity index (χ4v) is 2.73. The molecule has 0 aliphatic carbocycles. The number of carbonyl (C=O) groups excluding carboxylic acids is 1. The summed E-state index contributed by atoms with van der Waals surface area (Å²) in [6.45, 7) is -0.0621. The van der Waals surface area contributed by atoms with Gasteiger partial charge in [0.25, 0.3) is 0 Å². The van der Waals surface area contributed by atoms with E-state index in [4.69, 9.17) is 4.74 Å². The molecule has 2 heterocycles. The Morgan fingerprint density at radius 2 is 1.89 bits per heavy atom. The van der Waals surface area contributed by atoms with E-state index >= 15 is 0 Å². The van der Waals surface area contributed by atoms with Crippen molar-refractivity contribution in [2.45, 2.75) is 6.61 Å². The van der Waals surface area contributed by atoms with Crippen molar-refractivity contribution in [3.05, 3.63) is 76.7 Å². The molecule has 0 saturated carbocycles. The standard InChI is InChI=1S/C18H13BrN6O2/c19-13-8-6-12(7-9-13)15-10-16(21-20-15)18(26)27-11-17-22-23-24-25(17)14-4-2-1-3-5-14/h1-10H,11H2,(H,20,21). The molecule has 4 rings (SSSR count). The predicted octanol–water partition coefficient (Wildman–Crippen LogP) is 3.17. The summed E-state index contributed by atoms with van der Waals surface area (Å²) in [6.07, 6.45) is 0. The molecule has 0 aliphatic heterocycles. The maximum atomic E-state index is 12.3. The maximum absolute atomic E-state index is 12.3. The molecule has 134 valence electrons. The van der Waals surface area contributed by atoms with Crippen LogP contribution in [0.2, 0.25) is 0 Å². The Bertz CT molecular complexity index is 1060. The first-order chi connectivity index (χ1) is 13.2. The van der Waals surface area contributed by atoms with Crippen LogP contribution < -0.4 is 0 Å². The van der Waals surface area contributed by atoms with Crippen molar-refractivity contribution in [3.8, 4) is 16.9 Å². The smallest absolute Gasteiger partial charge is 0.356 e. The number of nitrogens with one attached hydrogen (secondary N) is 1. The van der Waals surface area contributed by atoms with Crippen molar-refractivity contribution in [1.82, 2.24) is 30.4 Å². The van der Waals surface area contributed by atoms with Gasteiger partial charge in [0.15, 0.2) is 12.4 Å². The van der Waals surface area contributed by atoms with Gasteiger partial charge in [0.2, 0.25) is 0 Å². The molecular formula is C18H13BrN6O2. The molecule has 0 aliphatic rings. The molecule has 0 atom stereocenters. The van der Waals surface area contributed by atoms with Gasteiger partial charge in [0, 0.05) is 10.0 Å². The average molecular weight is 425 g/mol. The lowest BCUT2D eigenvalue weighted by molar-refractivity contribution is 0.0452. The number of para-hydroxylation sites is 1. The Morgan fingerprint density at radius 1 is 1.11 bits per heavy atom. The molecule has 4 aromatic rings. The van der Waals surface area contributed by atoms with Crippen LogP contribution >= 0.6 is 15.9 Å². The molecule has 0 fully saturated rings. The SMILES string of the molecule is O=C(OCc1nnnn1-c1ccccc1)c1cc(-c2ccc(Br)cc2)n[nH]1. The van der Waals surface area contributed by atoms with Gasteiger partial charge in [-0.15, -0.1) is 5.10 Å². The number of carbonyl (C=O) groups is 1. The highest BCUT2D eigenvalue weighted by Crippen LogP contribution is 2.20. The van der Waals surface area contributed by atoms with Crippen LogP contribution in [0.5, 0.6) is 0 Å². The lowest BCUT2D eigenvalue weighted by atomic mass is 10.1. The zero-order valence-electron chi connectivity index (χ0n) is 13.9. The first-order valence-corrected chi connectivity index (χ1v) is 8.81. The number of esters is 1. The van der Waals surface area contributed by atoms with Crippen LogP contribution in [0.1, 0.15) is 16.3 Å². The van der Waals surface area contributed by atoms with E-state index in [1.807, 2.05) is 54.6 Å². The zero-order valence-corrected chi connectivity index (χ0v) is 15.5. The highest BCUT2D eigenvalue weighted by atomic mass is 79.9. The van der Waals surface area contributed by atoms with Gasteiger partial charge in [-0.2, -0.15) is 9.78 Å². The number of hydrogen-bond donors (Lipinski definition) is 1. The van der Waals surface area contributed by atoms with E-state index in [-0.39, 0.29) is 12.3 Å². The zero-order chi connectivity index (χ0) is 18.6. The number of tetrazole rings is 1. The fourth-order valence-electron chi connectivity index (χ4n) is 2.47. The van der Waals surface area contributed by atoms with Crippen LogP contribution in [0.3, 0.4) is 0 Å². The summed E-state index contributed by atoms with van der Waals surface area (Å²) in [7, 11) is 0. The number of benzene rings is 2. The number of ether oxygens (including phenoxy) is 1. The van der Waals surface area contributed by atoms with E-state index < -0.39 is 5.97 Å². The molecule has 2 aromatic carbocycles. The van der Waals surface area contributed by atoms with Crippen LogP contribution in [0, 0.1) is 0 Å². The Labute approximate surface area is 162 Å². The summed E-state index contributed by atoms with van der Waals surface area (Å²) in [6, 6.07) is 18.6. The number of hydrogen-bond acceptors (Lipinski definition) is 6. The fraction of sp³-hybridized carbons (Fsp3) is 0.0556. The van der Waals surface area contributed by atoms with E-state index in [1.165, 1.54) is 4.68 Å². The largest absolute Gasteiger partial charge is 0.453 e. The van der Waals surface area contributed by atoms with E-state index in [1.54, 1.807) is 6.07 Å². The highest BCUT2D eigenvalue weighted by Gasteiger charge is 2.15. The summed E-state index contributed by atoms with van der Waals surface area (Å²) in [4.78, 5) is 12.3. The van der Waals surface area contributed by atoms with E-state index in [9.17, 15) is 4.79 Å². The minimum absolute atomic E-state index is 0.0621. The number of rotatable bonds is 5. The molecule has 0 unspecified atom stereocenters. The number of H-pyrrole nitrogens is 1. The van der Waals surface area contributed by atoms with Crippen LogP contribution in [-0.2, 0) is 11.3 Å². The molecule has 2 aromatic heterocycles. The molecule has 0 amide bonds. The molecule has 8 nitrogen and oxygen atoms in total. The molecule has 0 saturated heterocycles. The van der Waals surface area contributed by atoms with Crippen LogP contribution in [0.4, 0.5) is 0 Å². The van der Waals surface area contributed by atoms with Crippen LogP contribution in [0.25, 0.3) is 16.9 Å². The number of halogens is 1. The van der Waals surface area contributed by atoms with Crippen molar-refractivity contribution in [1.29, 1.82) is 0 Å². The van der Waals surface area contributed by atoms with Crippen molar-refractivity contribution in [2.24, 2.45) is 0 Å². The summed E-state index contributed by atoms with van der Waals surface area (Å²) >= 11 is 3.39. The molecule has 0 spiro atoms. The lowest BCUT2D eigenvalue weighted by Gasteiger charge is -2.04. The Hall–Kier alpha value is -3.33. The number of aromatic nitrogens is 6. The lowest BCUT2D eigenvalue weighted by Crippen LogP contribution is -2.10. The van der Waals surface area contributed by atoms with Gasteiger partial charge in [-0.1, -0.05) is 46.3 Å². The van der Waals surface area contributed by atoms with Gasteiger partial charge in [-0.3, -0.25) is 5.10 Å². The molecule has 9 heteroatoms.